The summed E-state index contributed by atoms with van der Waals surface area (Å²) in [5, 5.41) is 4.74. The molecule has 26 heavy (non-hydrogen) atoms. The smallest absolute Gasteiger partial charge is 0.173 e. The van der Waals surface area contributed by atoms with E-state index in [4.69, 9.17) is 40.2 Å². The molecule has 0 saturated carbocycles. The lowest BCUT2D eigenvalue weighted by Gasteiger charge is -2.28. The number of hydrogen-bond acceptors (Lipinski definition) is 2. The van der Waals surface area contributed by atoms with Crippen LogP contribution >= 0.6 is 35.4 Å². The SMILES string of the molecule is Fc1cccc(CN(C[C@H]2CCCO2)C(=S)Nc2cc(Cl)ccc2Cl)c1. The topological polar surface area (TPSA) is 24.5 Å². The molecule has 0 bridgehead atoms. The molecule has 3 rings (SSSR count). The molecule has 1 N–H and O–H groups in total. The molecule has 2 aromatic carbocycles. The lowest BCUT2D eigenvalue weighted by molar-refractivity contribution is 0.0905. The van der Waals surface area contributed by atoms with E-state index in [1.807, 2.05) is 11.0 Å². The van der Waals surface area contributed by atoms with E-state index in [2.05, 4.69) is 5.32 Å². The maximum Gasteiger partial charge on any atom is 0.173 e. The highest BCUT2D eigenvalue weighted by Crippen LogP contribution is 2.26. The van der Waals surface area contributed by atoms with E-state index in [0.29, 0.717) is 33.9 Å². The Kier molecular flexibility index (Phi) is 6.70. The molecular weight excluding hydrogens is 394 g/mol. The Bertz CT molecular complexity index is 784. The Morgan fingerprint density at radius 3 is 2.85 bits per heavy atom. The van der Waals surface area contributed by atoms with Gasteiger partial charge in [-0.25, -0.2) is 4.39 Å². The van der Waals surface area contributed by atoms with E-state index in [1.54, 1.807) is 24.3 Å². The highest BCUT2D eigenvalue weighted by atomic mass is 35.5. The molecule has 138 valence electrons. The molecular formula is C19H19Cl2FN2OS. The lowest BCUT2D eigenvalue weighted by Crippen LogP contribution is -2.39. The van der Waals surface area contributed by atoms with Crippen molar-refractivity contribution in [2.45, 2.75) is 25.5 Å². The number of nitrogens with zero attached hydrogens (tertiary/aromatic N) is 1. The minimum Gasteiger partial charge on any atom is -0.376 e. The Labute approximate surface area is 168 Å². The molecule has 7 heteroatoms. The van der Waals surface area contributed by atoms with Crippen LogP contribution in [0.3, 0.4) is 0 Å². The standard InChI is InChI=1S/C19H19Cl2FN2OS/c20-14-6-7-17(21)18(10-14)23-19(26)24(12-16-5-2-8-25-16)11-13-3-1-4-15(22)9-13/h1,3-4,6-7,9-10,16H,2,5,8,11-12H2,(H,23,26)/t16-/m1/s1. The van der Waals surface area contributed by atoms with E-state index < -0.39 is 0 Å². The van der Waals surface area contributed by atoms with Gasteiger partial charge < -0.3 is 15.0 Å². The van der Waals surface area contributed by atoms with Crippen molar-refractivity contribution in [2.24, 2.45) is 0 Å². The first-order valence-corrected chi connectivity index (χ1v) is 9.55. The van der Waals surface area contributed by atoms with Crippen LogP contribution in [0.1, 0.15) is 18.4 Å². The largest absolute Gasteiger partial charge is 0.376 e. The van der Waals surface area contributed by atoms with E-state index in [1.165, 1.54) is 12.1 Å². The van der Waals surface area contributed by atoms with Gasteiger partial charge in [0.1, 0.15) is 5.82 Å². The van der Waals surface area contributed by atoms with Gasteiger partial charge in [0.25, 0.3) is 0 Å². The van der Waals surface area contributed by atoms with Crippen LogP contribution in [0.5, 0.6) is 0 Å². The van der Waals surface area contributed by atoms with Gasteiger partial charge in [0.2, 0.25) is 0 Å². The van der Waals surface area contributed by atoms with Crippen LogP contribution < -0.4 is 5.32 Å². The third-order valence-corrected chi connectivity index (χ3v) is 5.09. The second kappa shape index (κ2) is 9.00. The Balaban J connectivity index is 1.76. The molecule has 2 aromatic rings. The summed E-state index contributed by atoms with van der Waals surface area (Å²) >= 11 is 17.9. The predicted octanol–water partition coefficient (Wildman–Crippen LogP) is 5.51. The number of thiocarbonyl (C=S) groups is 1. The van der Waals surface area contributed by atoms with Gasteiger partial charge in [-0.15, -0.1) is 0 Å². The molecule has 0 aliphatic carbocycles. The van der Waals surface area contributed by atoms with Gasteiger partial charge in [-0.2, -0.15) is 0 Å². The maximum absolute atomic E-state index is 13.5. The van der Waals surface area contributed by atoms with Gasteiger partial charge in [0.05, 0.1) is 16.8 Å². The van der Waals surface area contributed by atoms with E-state index >= 15 is 0 Å². The van der Waals surface area contributed by atoms with Gasteiger partial charge in [0.15, 0.2) is 5.11 Å². The zero-order valence-electron chi connectivity index (χ0n) is 14.1. The first kappa shape index (κ1) is 19.4. The summed E-state index contributed by atoms with van der Waals surface area (Å²) in [6.07, 6.45) is 2.14. The minimum atomic E-state index is -0.267. The normalized spacial score (nSPS) is 16.5. The Morgan fingerprint density at radius 1 is 1.27 bits per heavy atom. The second-order valence-electron chi connectivity index (χ2n) is 6.20. The van der Waals surface area contributed by atoms with Crippen molar-refractivity contribution in [3.63, 3.8) is 0 Å². The van der Waals surface area contributed by atoms with Crippen LogP contribution in [0.4, 0.5) is 10.1 Å². The number of hydrogen-bond donors (Lipinski definition) is 1. The van der Waals surface area contributed by atoms with Crippen molar-refractivity contribution < 1.29 is 9.13 Å². The van der Waals surface area contributed by atoms with Gasteiger partial charge in [-0.05, 0) is 61.0 Å². The Morgan fingerprint density at radius 2 is 2.12 bits per heavy atom. The third-order valence-electron chi connectivity index (χ3n) is 4.17. The molecule has 1 saturated heterocycles. The van der Waals surface area contributed by atoms with Gasteiger partial charge in [-0.3, -0.25) is 0 Å². The summed E-state index contributed by atoms with van der Waals surface area (Å²) in [7, 11) is 0. The fraction of sp³-hybridized carbons (Fsp3) is 0.316. The molecule has 1 atom stereocenters. The summed E-state index contributed by atoms with van der Waals surface area (Å²) in [6, 6.07) is 11.7. The molecule has 0 amide bonds. The number of nitrogens with one attached hydrogen (secondary N) is 1. The number of halogens is 3. The summed E-state index contributed by atoms with van der Waals surface area (Å²) < 4.78 is 19.3. The highest BCUT2D eigenvalue weighted by Gasteiger charge is 2.21. The van der Waals surface area contributed by atoms with Crippen molar-refractivity contribution in [3.8, 4) is 0 Å². The number of rotatable bonds is 5. The van der Waals surface area contributed by atoms with Crippen LogP contribution in [-0.2, 0) is 11.3 Å². The van der Waals surface area contributed by atoms with E-state index in [0.717, 1.165) is 25.0 Å². The van der Waals surface area contributed by atoms with Crippen molar-refractivity contribution in [1.29, 1.82) is 0 Å². The maximum atomic E-state index is 13.5. The molecule has 0 radical (unpaired) electrons. The van der Waals surface area contributed by atoms with Gasteiger partial charge in [0, 0.05) is 24.7 Å². The van der Waals surface area contributed by atoms with Crippen molar-refractivity contribution in [1.82, 2.24) is 4.90 Å². The molecule has 1 aliphatic heterocycles. The van der Waals surface area contributed by atoms with Crippen LogP contribution in [0, 0.1) is 5.82 Å². The molecule has 0 spiro atoms. The third kappa shape index (κ3) is 5.30. The molecule has 1 heterocycles. The molecule has 0 aromatic heterocycles. The van der Waals surface area contributed by atoms with Crippen molar-refractivity contribution in [2.75, 3.05) is 18.5 Å². The van der Waals surface area contributed by atoms with Crippen molar-refractivity contribution >= 4 is 46.2 Å². The fourth-order valence-corrected chi connectivity index (χ4v) is 3.48. The van der Waals surface area contributed by atoms with Crippen LogP contribution in [0.25, 0.3) is 0 Å². The van der Waals surface area contributed by atoms with Crippen LogP contribution in [0.15, 0.2) is 42.5 Å². The van der Waals surface area contributed by atoms with E-state index in [9.17, 15) is 4.39 Å². The predicted molar refractivity (Wildman–Crippen MR) is 108 cm³/mol. The first-order valence-electron chi connectivity index (χ1n) is 8.38. The number of ether oxygens (including phenoxy) is 1. The monoisotopic (exact) mass is 412 g/mol. The summed E-state index contributed by atoms with van der Waals surface area (Å²) in [5.74, 6) is -0.267. The first-order chi connectivity index (χ1) is 12.5. The average Bonchev–Trinajstić information content (AvgIpc) is 3.11. The van der Waals surface area contributed by atoms with Crippen LogP contribution in [0.2, 0.25) is 10.0 Å². The summed E-state index contributed by atoms with van der Waals surface area (Å²) in [4.78, 5) is 1.97. The Hall–Kier alpha value is -1.40. The average molecular weight is 413 g/mol. The quantitative estimate of drug-likeness (QED) is 0.654. The van der Waals surface area contributed by atoms with E-state index in [-0.39, 0.29) is 11.9 Å². The fourth-order valence-electron chi connectivity index (χ4n) is 2.90. The summed E-state index contributed by atoms with van der Waals surface area (Å²) in [5.41, 5.74) is 1.48. The van der Waals surface area contributed by atoms with Crippen molar-refractivity contribution in [3.05, 3.63) is 63.9 Å². The lowest BCUT2D eigenvalue weighted by atomic mass is 10.2. The highest BCUT2D eigenvalue weighted by molar-refractivity contribution is 7.80. The second-order valence-corrected chi connectivity index (χ2v) is 7.43. The molecule has 1 aliphatic rings. The number of benzene rings is 2. The summed E-state index contributed by atoms with van der Waals surface area (Å²) in [6.45, 7) is 1.86. The van der Waals surface area contributed by atoms with Gasteiger partial charge in [-0.1, -0.05) is 35.3 Å². The van der Waals surface area contributed by atoms with Crippen LogP contribution in [-0.4, -0.2) is 29.3 Å². The minimum absolute atomic E-state index is 0.109. The molecule has 1 fully saturated rings. The zero-order valence-corrected chi connectivity index (χ0v) is 16.4. The number of anilines is 1. The molecule has 0 unspecified atom stereocenters. The zero-order chi connectivity index (χ0) is 18.5. The molecule has 3 nitrogen and oxygen atoms in total. The van der Waals surface area contributed by atoms with Gasteiger partial charge >= 0.3 is 0 Å².